The Morgan fingerprint density at radius 2 is 2.29 bits per heavy atom. The number of aromatic nitrogens is 4. The van der Waals surface area contributed by atoms with Gasteiger partial charge in [-0.1, -0.05) is 24.7 Å². The Bertz CT molecular complexity index is 480. The van der Waals surface area contributed by atoms with Crippen LogP contribution in [0.3, 0.4) is 0 Å². The van der Waals surface area contributed by atoms with Gasteiger partial charge in [0.2, 0.25) is 4.96 Å². The van der Waals surface area contributed by atoms with Gasteiger partial charge in [0.15, 0.2) is 5.82 Å². The lowest BCUT2D eigenvalue weighted by Gasteiger charge is -2.08. The quantitative estimate of drug-likeness (QED) is 0.838. The molecule has 0 radical (unpaired) electrons. The number of nitrogens with zero attached hydrogens (tertiary/aromatic N) is 4. The van der Waals surface area contributed by atoms with E-state index in [1.807, 2.05) is 0 Å². The molecule has 2 aromatic rings. The van der Waals surface area contributed by atoms with Crippen molar-refractivity contribution in [2.24, 2.45) is 5.73 Å². The summed E-state index contributed by atoms with van der Waals surface area (Å²) in [7, 11) is 1.63. The van der Waals surface area contributed by atoms with E-state index >= 15 is 0 Å². The Kier molecular flexibility index (Phi) is 4.03. The average Bonchev–Trinajstić information content (AvgIpc) is 2.88. The standard InChI is InChI=1S/C10H17N5OS/c1-3-4-7(5-11)9-14-15-8(6-16-2)12-13-10(15)17-9/h7H,3-6,11H2,1-2H3. The number of rotatable bonds is 6. The van der Waals surface area contributed by atoms with Crippen LogP contribution in [0.1, 0.15) is 36.5 Å². The highest BCUT2D eigenvalue weighted by molar-refractivity contribution is 7.16. The van der Waals surface area contributed by atoms with E-state index in [1.54, 1.807) is 23.0 Å². The van der Waals surface area contributed by atoms with E-state index in [0.717, 1.165) is 28.6 Å². The van der Waals surface area contributed by atoms with Crippen molar-refractivity contribution in [2.45, 2.75) is 32.3 Å². The highest BCUT2D eigenvalue weighted by Crippen LogP contribution is 2.25. The van der Waals surface area contributed by atoms with E-state index in [9.17, 15) is 0 Å². The second-order valence-corrected chi connectivity index (χ2v) is 4.89. The monoisotopic (exact) mass is 255 g/mol. The van der Waals surface area contributed by atoms with Gasteiger partial charge in [-0.25, -0.2) is 0 Å². The smallest absolute Gasteiger partial charge is 0.234 e. The maximum Gasteiger partial charge on any atom is 0.234 e. The molecule has 0 aliphatic heterocycles. The van der Waals surface area contributed by atoms with Crippen LogP contribution in [-0.4, -0.2) is 33.5 Å². The molecule has 0 amide bonds. The summed E-state index contributed by atoms with van der Waals surface area (Å²) in [5, 5.41) is 13.7. The summed E-state index contributed by atoms with van der Waals surface area (Å²) in [6.45, 7) is 3.20. The molecule has 0 aliphatic rings. The fourth-order valence-corrected chi connectivity index (χ4v) is 2.75. The Labute approximate surface area is 104 Å². The van der Waals surface area contributed by atoms with E-state index in [4.69, 9.17) is 10.5 Å². The van der Waals surface area contributed by atoms with Gasteiger partial charge in [-0.05, 0) is 6.42 Å². The number of nitrogens with two attached hydrogens (primary N) is 1. The summed E-state index contributed by atoms with van der Waals surface area (Å²) in [6.07, 6.45) is 2.16. The molecule has 2 rings (SSSR count). The first-order valence-electron chi connectivity index (χ1n) is 5.70. The van der Waals surface area contributed by atoms with Crippen molar-refractivity contribution in [1.82, 2.24) is 19.8 Å². The molecule has 6 nitrogen and oxygen atoms in total. The number of fused-ring (bicyclic) bond motifs is 1. The van der Waals surface area contributed by atoms with Crippen molar-refractivity contribution in [2.75, 3.05) is 13.7 Å². The predicted octanol–water partition coefficient (Wildman–Crippen LogP) is 1.17. The van der Waals surface area contributed by atoms with E-state index in [-0.39, 0.29) is 0 Å². The second kappa shape index (κ2) is 5.52. The molecule has 0 saturated heterocycles. The summed E-state index contributed by atoms with van der Waals surface area (Å²) >= 11 is 1.56. The van der Waals surface area contributed by atoms with Crippen LogP contribution in [0.25, 0.3) is 4.96 Å². The van der Waals surface area contributed by atoms with Gasteiger partial charge in [0, 0.05) is 19.6 Å². The molecule has 2 aromatic heterocycles. The van der Waals surface area contributed by atoms with Gasteiger partial charge in [0.25, 0.3) is 0 Å². The van der Waals surface area contributed by atoms with Gasteiger partial charge in [-0.15, -0.1) is 10.2 Å². The minimum Gasteiger partial charge on any atom is -0.377 e. The molecule has 1 unspecified atom stereocenters. The topological polar surface area (TPSA) is 78.3 Å². The van der Waals surface area contributed by atoms with Crippen LogP contribution in [0.2, 0.25) is 0 Å². The first-order chi connectivity index (χ1) is 8.30. The second-order valence-electron chi connectivity index (χ2n) is 3.91. The molecular weight excluding hydrogens is 238 g/mol. The van der Waals surface area contributed by atoms with Crippen LogP contribution in [0.15, 0.2) is 0 Å². The van der Waals surface area contributed by atoms with Crippen LogP contribution >= 0.6 is 11.3 Å². The zero-order chi connectivity index (χ0) is 12.3. The zero-order valence-corrected chi connectivity index (χ0v) is 10.9. The Morgan fingerprint density at radius 3 is 2.94 bits per heavy atom. The molecule has 0 spiro atoms. The molecule has 1 atom stereocenters. The summed E-state index contributed by atoms with van der Waals surface area (Å²) in [4.78, 5) is 0.807. The van der Waals surface area contributed by atoms with Gasteiger partial charge in [-0.2, -0.15) is 9.61 Å². The third kappa shape index (κ3) is 2.46. The predicted molar refractivity (Wildman–Crippen MR) is 66.1 cm³/mol. The summed E-state index contributed by atoms with van der Waals surface area (Å²) in [5.74, 6) is 1.05. The normalized spacial score (nSPS) is 13.4. The molecule has 0 aromatic carbocycles. The number of methoxy groups -OCH3 is 1. The van der Waals surface area contributed by atoms with Gasteiger partial charge in [-0.3, -0.25) is 0 Å². The maximum atomic E-state index is 5.77. The van der Waals surface area contributed by atoms with Crippen LogP contribution in [0, 0.1) is 0 Å². The molecule has 94 valence electrons. The van der Waals surface area contributed by atoms with E-state index in [1.165, 1.54) is 0 Å². The molecule has 7 heteroatoms. The third-order valence-electron chi connectivity index (χ3n) is 2.62. The number of ether oxygens (including phenoxy) is 1. The van der Waals surface area contributed by atoms with Crippen molar-refractivity contribution in [1.29, 1.82) is 0 Å². The van der Waals surface area contributed by atoms with Gasteiger partial charge < -0.3 is 10.5 Å². The minimum atomic E-state index is 0.321. The van der Waals surface area contributed by atoms with Gasteiger partial charge in [0.05, 0.1) is 0 Å². The van der Waals surface area contributed by atoms with Gasteiger partial charge >= 0.3 is 0 Å². The fraction of sp³-hybridized carbons (Fsp3) is 0.700. The number of hydrogen-bond acceptors (Lipinski definition) is 6. The molecule has 0 aliphatic carbocycles. The SMILES string of the molecule is CCCC(CN)c1nn2c(COC)nnc2s1. The lowest BCUT2D eigenvalue weighted by molar-refractivity contribution is 0.176. The molecule has 2 N–H and O–H groups in total. The van der Waals surface area contributed by atoms with E-state index in [2.05, 4.69) is 22.2 Å². The molecule has 2 heterocycles. The zero-order valence-electron chi connectivity index (χ0n) is 10.1. The van der Waals surface area contributed by atoms with Crippen molar-refractivity contribution in [3.8, 4) is 0 Å². The average molecular weight is 255 g/mol. The largest absolute Gasteiger partial charge is 0.377 e. The Morgan fingerprint density at radius 1 is 1.47 bits per heavy atom. The van der Waals surface area contributed by atoms with E-state index < -0.39 is 0 Å². The summed E-state index contributed by atoms with van der Waals surface area (Å²) < 4.78 is 6.81. The van der Waals surface area contributed by atoms with Crippen molar-refractivity contribution < 1.29 is 4.74 Å². The fourth-order valence-electron chi connectivity index (χ4n) is 1.75. The molecular formula is C10H17N5OS. The van der Waals surface area contributed by atoms with Gasteiger partial charge in [0.1, 0.15) is 11.6 Å². The molecule has 0 fully saturated rings. The van der Waals surface area contributed by atoms with Crippen molar-refractivity contribution in [3.05, 3.63) is 10.8 Å². The summed E-state index contributed by atoms with van der Waals surface area (Å²) in [5.41, 5.74) is 5.77. The van der Waals surface area contributed by atoms with Crippen molar-refractivity contribution >= 4 is 16.3 Å². The van der Waals surface area contributed by atoms with Crippen molar-refractivity contribution in [3.63, 3.8) is 0 Å². The Balaban J connectivity index is 2.30. The van der Waals surface area contributed by atoms with Crippen LogP contribution in [0.5, 0.6) is 0 Å². The summed E-state index contributed by atoms with van der Waals surface area (Å²) in [6, 6.07) is 0. The molecule has 17 heavy (non-hydrogen) atoms. The molecule has 0 saturated carbocycles. The Hall–Kier alpha value is -1.05. The maximum absolute atomic E-state index is 5.77. The third-order valence-corrected chi connectivity index (χ3v) is 3.68. The van der Waals surface area contributed by atoms with Crippen LogP contribution < -0.4 is 5.73 Å². The molecule has 0 bridgehead atoms. The van der Waals surface area contributed by atoms with E-state index in [0.29, 0.717) is 19.1 Å². The highest BCUT2D eigenvalue weighted by atomic mass is 32.1. The highest BCUT2D eigenvalue weighted by Gasteiger charge is 2.17. The lowest BCUT2D eigenvalue weighted by Crippen LogP contribution is -2.12. The number of hydrogen-bond donors (Lipinski definition) is 1. The van der Waals surface area contributed by atoms with Crippen LogP contribution in [0.4, 0.5) is 0 Å². The first kappa shape index (κ1) is 12.4. The first-order valence-corrected chi connectivity index (χ1v) is 6.51. The van der Waals surface area contributed by atoms with Crippen LogP contribution in [-0.2, 0) is 11.3 Å². The lowest BCUT2D eigenvalue weighted by atomic mass is 10.1. The minimum absolute atomic E-state index is 0.321.